The minimum absolute atomic E-state index is 0.0995. The Balaban J connectivity index is 1.15. The van der Waals surface area contributed by atoms with Crippen LogP contribution in [0.1, 0.15) is 54.8 Å². The normalized spacial score (nSPS) is 18.8. The Morgan fingerprint density at radius 3 is 1.10 bits per heavy atom. The van der Waals surface area contributed by atoms with Gasteiger partial charge in [-0.2, -0.15) is 0 Å². The van der Waals surface area contributed by atoms with Gasteiger partial charge in [0.1, 0.15) is 11.5 Å². The average molecular weight is 783 g/mol. The molecule has 59 heavy (non-hydrogen) atoms. The first kappa shape index (κ1) is 36.4. The van der Waals surface area contributed by atoms with E-state index in [-0.39, 0.29) is 11.6 Å². The van der Waals surface area contributed by atoms with Gasteiger partial charge < -0.3 is 9.47 Å². The molecule has 8 aromatic rings. The quantitative estimate of drug-likeness (QED) is 0.129. The zero-order valence-electron chi connectivity index (χ0n) is 32.0. The summed E-state index contributed by atoms with van der Waals surface area (Å²) in [4.78, 5) is 31.7. The van der Waals surface area contributed by atoms with Crippen LogP contribution in [0, 0.1) is 0 Å². The highest BCUT2D eigenvalue weighted by atomic mass is 32.2. The van der Waals surface area contributed by atoms with Crippen molar-refractivity contribution in [1.82, 2.24) is 0 Å². The molecule has 284 valence electrons. The highest BCUT2D eigenvalue weighted by Crippen LogP contribution is 2.57. The number of carbonyl (C=O) groups is 2. The maximum atomic E-state index is 15.0. The standard InChI is InChI=1S/C54H38O4S/c55-47(43-31-29-35-17-13-15-27-41(35)33-43)51-45(37-19-5-1-6-20-37)53(49(57-51)39-23-9-3-10-24-39)59-54-46(38-21-7-2-8-22-38)52(58-50(54)40-25-11-4-12-26-40)48(56)44-32-30-36-18-14-16-28-42(36)34-44/h1-34,45-46,51-52H/t45-,46-,51+,52+/m1/s1. The Hall–Kier alpha value is -6.95. The van der Waals surface area contributed by atoms with Gasteiger partial charge in [0, 0.05) is 32.1 Å². The number of hydrogen-bond acceptors (Lipinski definition) is 5. The summed E-state index contributed by atoms with van der Waals surface area (Å²) in [6, 6.07) is 68.2. The topological polar surface area (TPSA) is 52.6 Å². The SMILES string of the molecule is O=C(c1ccc2ccccc2c1)[C@H]1OC(c2ccccc2)=C(SC2=C(c3ccccc3)O[C@H](C(=O)c3ccc4ccccc4c3)[C@H]2c2ccccc2)[C@@H]1c1ccccc1. The highest BCUT2D eigenvalue weighted by molar-refractivity contribution is 8.07. The zero-order chi connectivity index (χ0) is 39.7. The van der Waals surface area contributed by atoms with E-state index in [0.717, 1.165) is 53.6 Å². The van der Waals surface area contributed by atoms with Gasteiger partial charge in [-0.1, -0.05) is 206 Å². The largest absolute Gasteiger partial charge is 0.480 e. The molecular weight excluding hydrogens is 745 g/mol. The van der Waals surface area contributed by atoms with Gasteiger partial charge in [0.15, 0.2) is 12.2 Å². The molecule has 8 aromatic carbocycles. The second-order valence-corrected chi connectivity index (χ2v) is 16.0. The lowest BCUT2D eigenvalue weighted by molar-refractivity contribution is 0.0751. The molecule has 0 fully saturated rings. The second-order valence-electron chi connectivity index (χ2n) is 14.9. The van der Waals surface area contributed by atoms with Gasteiger partial charge in [0.2, 0.25) is 11.6 Å². The lowest BCUT2D eigenvalue weighted by atomic mass is 9.88. The number of rotatable bonds is 10. The second kappa shape index (κ2) is 15.8. The number of carbonyl (C=O) groups excluding carboxylic acids is 2. The molecule has 2 aliphatic heterocycles. The number of benzene rings is 8. The lowest BCUT2D eigenvalue weighted by Gasteiger charge is -2.23. The summed E-state index contributed by atoms with van der Waals surface area (Å²) in [5, 5.41) is 4.12. The molecule has 10 rings (SSSR count). The molecule has 0 N–H and O–H groups in total. The van der Waals surface area contributed by atoms with Gasteiger partial charge >= 0.3 is 0 Å². The van der Waals surface area contributed by atoms with Crippen LogP contribution in [-0.4, -0.2) is 23.8 Å². The molecule has 0 radical (unpaired) electrons. The Morgan fingerprint density at radius 1 is 0.373 bits per heavy atom. The number of ether oxygens (including phenoxy) is 2. The molecule has 0 aliphatic carbocycles. The summed E-state index contributed by atoms with van der Waals surface area (Å²) < 4.78 is 14.0. The molecule has 2 aliphatic rings. The van der Waals surface area contributed by atoms with Crippen molar-refractivity contribution in [2.45, 2.75) is 24.0 Å². The summed E-state index contributed by atoms with van der Waals surface area (Å²) in [6.07, 6.45) is -1.71. The van der Waals surface area contributed by atoms with E-state index in [2.05, 4.69) is 36.4 Å². The van der Waals surface area contributed by atoms with Crippen molar-refractivity contribution in [1.29, 1.82) is 0 Å². The van der Waals surface area contributed by atoms with E-state index in [1.807, 2.05) is 170 Å². The van der Waals surface area contributed by atoms with E-state index >= 15 is 0 Å². The first-order valence-electron chi connectivity index (χ1n) is 19.9. The number of fused-ring (bicyclic) bond motifs is 2. The molecule has 4 atom stereocenters. The Morgan fingerprint density at radius 2 is 0.712 bits per heavy atom. The van der Waals surface area contributed by atoms with Crippen molar-refractivity contribution in [3.05, 3.63) is 249 Å². The Bertz CT molecular complexity index is 2700. The molecule has 0 unspecified atom stereocenters. The van der Waals surface area contributed by atoms with Crippen molar-refractivity contribution in [2.24, 2.45) is 0 Å². The van der Waals surface area contributed by atoms with E-state index < -0.39 is 24.0 Å². The fourth-order valence-electron chi connectivity index (χ4n) is 8.40. The number of thioether (sulfide) groups is 1. The molecule has 0 saturated heterocycles. The minimum Gasteiger partial charge on any atom is -0.480 e. The van der Waals surface area contributed by atoms with Crippen LogP contribution in [0.25, 0.3) is 33.1 Å². The minimum atomic E-state index is -0.857. The van der Waals surface area contributed by atoms with E-state index in [9.17, 15) is 9.59 Å². The Kier molecular flexibility index (Phi) is 9.73. The van der Waals surface area contributed by atoms with Crippen molar-refractivity contribution in [3.8, 4) is 0 Å². The Labute approximate surface area is 347 Å². The van der Waals surface area contributed by atoms with Crippen LogP contribution in [0.3, 0.4) is 0 Å². The number of Topliss-reactive ketones (excluding diaryl/α,β-unsaturated/α-hetero) is 2. The van der Waals surface area contributed by atoms with Gasteiger partial charge in [-0.3, -0.25) is 9.59 Å². The summed E-state index contributed by atoms with van der Waals surface area (Å²) >= 11 is 1.57. The van der Waals surface area contributed by atoms with Crippen LogP contribution in [0.4, 0.5) is 0 Å². The van der Waals surface area contributed by atoms with E-state index in [1.165, 1.54) is 0 Å². The number of hydrogen-bond donors (Lipinski definition) is 0. The molecular formula is C54H38O4S. The predicted octanol–water partition coefficient (Wildman–Crippen LogP) is 12.9. The zero-order valence-corrected chi connectivity index (χ0v) is 32.8. The molecule has 2 heterocycles. The number of ketones is 2. The maximum Gasteiger partial charge on any atom is 0.204 e. The maximum absolute atomic E-state index is 15.0. The summed E-state index contributed by atoms with van der Waals surface area (Å²) in [6.45, 7) is 0. The molecule has 5 heteroatoms. The predicted molar refractivity (Wildman–Crippen MR) is 239 cm³/mol. The first-order valence-corrected chi connectivity index (χ1v) is 20.7. The molecule has 0 bridgehead atoms. The van der Waals surface area contributed by atoms with E-state index in [4.69, 9.17) is 9.47 Å². The summed E-state index contributed by atoms with van der Waals surface area (Å²) in [5.74, 6) is 0.146. The lowest BCUT2D eigenvalue weighted by Crippen LogP contribution is -2.28. The fraction of sp³-hybridized carbons (Fsp3) is 0.0741. The van der Waals surface area contributed by atoms with Crippen LogP contribution >= 0.6 is 11.8 Å². The monoisotopic (exact) mass is 782 g/mol. The van der Waals surface area contributed by atoms with Gasteiger partial charge in [0.25, 0.3) is 0 Å². The van der Waals surface area contributed by atoms with Crippen molar-refractivity contribution in [3.63, 3.8) is 0 Å². The molecule has 0 aromatic heterocycles. The highest BCUT2D eigenvalue weighted by Gasteiger charge is 2.48. The van der Waals surface area contributed by atoms with Crippen molar-refractivity contribution < 1.29 is 19.1 Å². The van der Waals surface area contributed by atoms with Crippen molar-refractivity contribution >= 4 is 56.4 Å². The summed E-state index contributed by atoms with van der Waals surface area (Å²) in [7, 11) is 0. The van der Waals surface area contributed by atoms with Crippen molar-refractivity contribution in [2.75, 3.05) is 0 Å². The van der Waals surface area contributed by atoms with Gasteiger partial charge in [0.05, 0.1) is 11.8 Å². The van der Waals surface area contributed by atoms with Crippen LogP contribution in [-0.2, 0) is 9.47 Å². The van der Waals surface area contributed by atoms with Crippen LogP contribution < -0.4 is 0 Å². The van der Waals surface area contributed by atoms with E-state index in [0.29, 0.717) is 22.6 Å². The third-order valence-corrected chi connectivity index (χ3v) is 12.6. The van der Waals surface area contributed by atoms with Crippen LogP contribution in [0.2, 0.25) is 0 Å². The average Bonchev–Trinajstić information content (AvgIpc) is 3.88. The van der Waals surface area contributed by atoms with Gasteiger partial charge in [-0.05, 0) is 44.8 Å². The molecule has 4 nitrogen and oxygen atoms in total. The third kappa shape index (κ3) is 6.94. The van der Waals surface area contributed by atoms with Crippen LogP contribution in [0.15, 0.2) is 216 Å². The van der Waals surface area contributed by atoms with Gasteiger partial charge in [-0.15, -0.1) is 0 Å². The van der Waals surface area contributed by atoms with Gasteiger partial charge in [-0.25, -0.2) is 0 Å². The first-order chi connectivity index (χ1) is 29.1. The molecule has 0 spiro atoms. The third-order valence-electron chi connectivity index (χ3n) is 11.3. The molecule has 0 saturated carbocycles. The fourth-order valence-corrected chi connectivity index (χ4v) is 9.93. The van der Waals surface area contributed by atoms with E-state index in [1.54, 1.807) is 11.8 Å². The molecule has 0 amide bonds. The smallest absolute Gasteiger partial charge is 0.204 e. The van der Waals surface area contributed by atoms with Crippen LogP contribution in [0.5, 0.6) is 0 Å². The summed E-state index contributed by atoms with van der Waals surface area (Å²) in [5.41, 5.74) is 4.83.